The number of halogens is 1. The number of imidazole rings is 1. The van der Waals surface area contributed by atoms with Gasteiger partial charge in [-0.15, -0.1) is 11.3 Å². The second-order valence-corrected chi connectivity index (χ2v) is 9.86. The molecule has 154 valence electrons. The second kappa shape index (κ2) is 7.91. The van der Waals surface area contributed by atoms with Gasteiger partial charge in [-0.1, -0.05) is 0 Å². The number of aromatic nitrogens is 4. The zero-order valence-corrected chi connectivity index (χ0v) is 19.0. The zero-order chi connectivity index (χ0) is 20.6. The van der Waals surface area contributed by atoms with Crippen molar-refractivity contribution >= 4 is 50.0 Å². The van der Waals surface area contributed by atoms with Crippen LogP contribution in [-0.4, -0.2) is 49.0 Å². The summed E-state index contributed by atoms with van der Waals surface area (Å²) < 4.78 is 8.23. The van der Waals surface area contributed by atoms with Crippen molar-refractivity contribution in [3.8, 4) is 0 Å². The van der Waals surface area contributed by atoms with Gasteiger partial charge in [0.2, 0.25) is 0 Å². The first kappa shape index (κ1) is 20.1. The molecular weight excluding hydrogens is 456 g/mol. The highest BCUT2D eigenvalue weighted by molar-refractivity contribution is 9.10. The predicted molar refractivity (Wildman–Crippen MR) is 116 cm³/mol. The average Bonchev–Trinajstić information content (AvgIpc) is 3.33. The molecule has 0 radical (unpaired) electrons. The topological polar surface area (TPSA) is 84.6 Å². The van der Waals surface area contributed by atoms with Crippen LogP contribution in [0.3, 0.4) is 0 Å². The molecule has 1 aliphatic heterocycles. The van der Waals surface area contributed by atoms with Crippen molar-refractivity contribution in [1.29, 1.82) is 0 Å². The normalized spacial score (nSPS) is 15.7. The lowest BCUT2D eigenvalue weighted by molar-refractivity contribution is 0.0205. The first-order valence-electron chi connectivity index (χ1n) is 9.48. The molecule has 0 saturated carbocycles. The van der Waals surface area contributed by atoms with Gasteiger partial charge in [0.15, 0.2) is 16.6 Å². The van der Waals surface area contributed by atoms with Gasteiger partial charge in [-0.3, -0.25) is 4.40 Å². The molecule has 3 aromatic rings. The summed E-state index contributed by atoms with van der Waals surface area (Å²) in [4.78, 5) is 28.5. The molecule has 10 heteroatoms. The summed E-state index contributed by atoms with van der Waals surface area (Å²) in [5, 5.41) is 4.07. The lowest BCUT2D eigenvalue weighted by Crippen LogP contribution is -2.41. The van der Waals surface area contributed by atoms with Crippen LogP contribution in [0, 0.1) is 0 Å². The maximum atomic E-state index is 12.2. The van der Waals surface area contributed by atoms with Crippen LogP contribution >= 0.6 is 27.3 Å². The smallest absolute Gasteiger partial charge is 0.410 e. The lowest BCUT2D eigenvalue weighted by atomic mass is 9.96. The average molecular weight is 479 g/mol. The number of nitrogens with one attached hydrogen (secondary N) is 1. The minimum Gasteiger partial charge on any atom is -0.444 e. The van der Waals surface area contributed by atoms with Crippen molar-refractivity contribution in [1.82, 2.24) is 24.3 Å². The quantitative estimate of drug-likeness (QED) is 0.581. The first-order valence-corrected chi connectivity index (χ1v) is 11.1. The molecule has 4 heterocycles. The Morgan fingerprint density at radius 2 is 2.00 bits per heavy atom. The summed E-state index contributed by atoms with van der Waals surface area (Å²) in [7, 11) is 0. The summed E-state index contributed by atoms with van der Waals surface area (Å²) >= 11 is 5.09. The van der Waals surface area contributed by atoms with Gasteiger partial charge in [0.25, 0.3) is 0 Å². The molecule has 0 spiro atoms. The number of hydrogen-bond acceptors (Lipinski definition) is 7. The third-order valence-electron chi connectivity index (χ3n) is 4.68. The van der Waals surface area contributed by atoms with Crippen LogP contribution in [0.4, 0.5) is 15.7 Å². The van der Waals surface area contributed by atoms with Gasteiger partial charge in [-0.2, -0.15) is 0 Å². The van der Waals surface area contributed by atoms with Crippen LogP contribution in [0.15, 0.2) is 29.4 Å². The van der Waals surface area contributed by atoms with E-state index in [1.165, 1.54) is 4.88 Å². The molecule has 0 atom stereocenters. The summed E-state index contributed by atoms with van der Waals surface area (Å²) in [6.07, 6.45) is 8.84. The number of carbonyl (C=O) groups is 1. The Hall–Kier alpha value is -2.20. The van der Waals surface area contributed by atoms with E-state index < -0.39 is 5.60 Å². The fourth-order valence-electron chi connectivity index (χ4n) is 3.28. The minimum absolute atomic E-state index is 0.229. The number of hydrogen-bond donors (Lipinski definition) is 1. The van der Waals surface area contributed by atoms with E-state index in [1.54, 1.807) is 28.6 Å². The molecule has 8 nitrogen and oxygen atoms in total. The molecule has 1 amide bonds. The van der Waals surface area contributed by atoms with E-state index in [9.17, 15) is 4.79 Å². The van der Waals surface area contributed by atoms with Crippen molar-refractivity contribution in [2.24, 2.45) is 0 Å². The fraction of sp³-hybridized carbons (Fsp3) is 0.474. The van der Waals surface area contributed by atoms with E-state index in [0.717, 1.165) is 28.2 Å². The van der Waals surface area contributed by atoms with Crippen LogP contribution in [0.25, 0.3) is 5.65 Å². The Kier molecular flexibility index (Phi) is 5.48. The number of piperidine rings is 1. The van der Waals surface area contributed by atoms with Crippen LogP contribution in [0.2, 0.25) is 0 Å². The van der Waals surface area contributed by atoms with Crippen LogP contribution in [0.5, 0.6) is 0 Å². The molecule has 0 bridgehead atoms. The molecule has 1 N–H and O–H groups in total. The Morgan fingerprint density at radius 1 is 1.24 bits per heavy atom. The maximum Gasteiger partial charge on any atom is 0.410 e. The van der Waals surface area contributed by atoms with Crippen molar-refractivity contribution in [2.45, 2.75) is 45.1 Å². The van der Waals surface area contributed by atoms with Crippen molar-refractivity contribution in [2.75, 3.05) is 18.4 Å². The molecule has 1 aliphatic rings. The van der Waals surface area contributed by atoms with Crippen molar-refractivity contribution in [3.05, 3.63) is 34.3 Å². The molecular formula is C19H23BrN6O2S. The number of ether oxygens (including phenoxy) is 1. The van der Waals surface area contributed by atoms with Gasteiger partial charge < -0.3 is 15.0 Å². The van der Waals surface area contributed by atoms with E-state index >= 15 is 0 Å². The monoisotopic (exact) mass is 478 g/mol. The second-order valence-electron chi connectivity index (χ2n) is 7.98. The third kappa shape index (κ3) is 4.53. The zero-order valence-electron chi connectivity index (χ0n) is 16.6. The van der Waals surface area contributed by atoms with Gasteiger partial charge in [0, 0.05) is 36.6 Å². The van der Waals surface area contributed by atoms with Crippen molar-refractivity contribution < 1.29 is 9.53 Å². The highest BCUT2D eigenvalue weighted by Crippen LogP contribution is 2.35. The standard InChI is InChI=1S/C19H23BrN6O2S/c1-19(2,3)28-18(27)25-7-4-12(5-8-25)13-10-23-17(29-13)24-15-16-21-6-9-26(16)14(20)11-22-15/h6,9-12H,4-5,7-8H2,1-3H3,(H,22,23,24). The Labute approximate surface area is 181 Å². The highest BCUT2D eigenvalue weighted by atomic mass is 79.9. The van der Waals surface area contributed by atoms with Gasteiger partial charge in [0.1, 0.15) is 10.2 Å². The third-order valence-corrected chi connectivity index (χ3v) is 6.34. The number of amides is 1. The Morgan fingerprint density at radius 3 is 2.72 bits per heavy atom. The van der Waals surface area contributed by atoms with E-state index in [2.05, 4.69) is 36.2 Å². The number of thiazole rings is 1. The number of rotatable bonds is 3. The molecule has 4 rings (SSSR count). The van der Waals surface area contributed by atoms with Crippen LogP contribution < -0.4 is 5.32 Å². The summed E-state index contributed by atoms with van der Waals surface area (Å²) in [5.41, 5.74) is 0.273. The largest absolute Gasteiger partial charge is 0.444 e. The van der Waals surface area contributed by atoms with E-state index in [1.807, 2.05) is 37.6 Å². The Balaban J connectivity index is 1.39. The predicted octanol–water partition coefficient (Wildman–Crippen LogP) is 4.81. The van der Waals surface area contributed by atoms with Gasteiger partial charge in [-0.05, 0) is 55.5 Å². The minimum atomic E-state index is -0.465. The first-order chi connectivity index (χ1) is 13.8. The number of carbonyl (C=O) groups excluding carboxylic acids is 1. The van der Waals surface area contributed by atoms with E-state index in [0.29, 0.717) is 24.8 Å². The van der Waals surface area contributed by atoms with Gasteiger partial charge >= 0.3 is 6.09 Å². The molecule has 1 saturated heterocycles. The molecule has 3 aromatic heterocycles. The lowest BCUT2D eigenvalue weighted by Gasteiger charge is -2.33. The van der Waals surface area contributed by atoms with Gasteiger partial charge in [0.05, 0.1) is 6.20 Å². The maximum absolute atomic E-state index is 12.2. The number of fused-ring (bicyclic) bond motifs is 1. The highest BCUT2D eigenvalue weighted by Gasteiger charge is 2.28. The molecule has 1 fully saturated rings. The van der Waals surface area contributed by atoms with Crippen molar-refractivity contribution in [3.63, 3.8) is 0 Å². The summed E-state index contributed by atoms with van der Waals surface area (Å²) in [6, 6.07) is 0. The van der Waals surface area contributed by atoms with E-state index in [-0.39, 0.29) is 6.09 Å². The summed E-state index contributed by atoms with van der Waals surface area (Å²) in [6.45, 7) is 7.06. The number of nitrogens with zero attached hydrogens (tertiary/aromatic N) is 5. The van der Waals surface area contributed by atoms with E-state index in [4.69, 9.17) is 4.74 Å². The van der Waals surface area contributed by atoms with Gasteiger partial charge in [-0.25, -0.2) is 19.7 Å². The number of anilines is 2. The molecule has 0 aromatic carbocycles. The molecule has 0 unspecified atom stereocenters. The Bertz CT molecular complexity index is 1020. The van der Waals surface area contributed by atoms with Crippen LogP contribution in [-0.2, 0) is 4.74 Å². The molecule has 29 heavy (non-hydrogen) atoms. The number of likely N-dealkylation sites (tertiary alicyclic amines) is 1. The summed E-state index contributed by atoms with van der Waals surface area (Å²) in [5.74, 6) is 1.06. The fourth-order valence-corrected chi connectivity index (χ4v) is 4.66. The SMILES string of the molecule is CC(C)(C)OC(=O)N1CCC(c2cnc(Nc3ncc(Br)n4ccnc34)s2)CC1. The molecule has 0 aliphatic carbocycles. The van der Waals surface area contributed by atoms with Crippen LogP contribution in [0.1, 0.15) is 44.4 Å².